The maximum Gasteiger partial charge on any atom is 0.410 e. The minimum absolute atomic E-state index is 0.00694. The Hall–Kier alpha value is -3.51. The number of rotatable bonds is 4. The molecule has 1 amide bonds. The molecule has 0 radical (unpaired) electrons. The lowest BCUT2D eigenvalue weighted by atomic mass is 9.80. The number of hydrogen-bond donors (Lipinski definition) is 0. The number of amides is 1. The van der Waals surface area contributed by atoms with Gasteiger partial charge in [0.2, 0.25) is 0 Å². The van der Waals surface area contributed by atoms with E-state index in [1.54, 1.807) is 11.0 Å². The fourth-order valence-electron chi connectivity index (χ4n) is 6.18. The van der Waals surface area contributed by atoms with Gasteiger partial charge in [-0.15, -0.1) is 0 Å². The first-order chi connectivity index (χ1) is 17.5. The molecular formula is C30H28FNO4. The lowest BCUT2D eigenvalue weighted by Gasteiger charge is -2.47. The van der Waals surface area contributed by atoms with Crippen molar-refractivity contribution in [2.45, 2.75) is 37.8 Å². The third-order valence-corrected chi connectivity index (χ3v) is 7.90. The summed E-state index contributed by atoms with van der Waals surface area (Å²) in [4.78, 5) is 28.4. The molecule has 2 atom stereocenters. The SMILES string of the molecule is Cc1ccc(F)cc1C(=O)C1CC2COCC(C1)N2C(=O)OCC1c2ccccc2-c2ccccc21. The van der Waals surface area contributed by atoms with Gasteiger partial charge in [-0.05, 0) is 59.7 Å². The molecule has 184 valence electrons. The molecule has 5 nitrogen and oxygen atoms in total. The predicted molar refractivity (Wildman–Crippen MR) is 133 cm³/mol. The van der Waals surface area contributed by atoms with Gasteiger partial charge in [-0.3, -0.25) is 9.69 Å². The number of ketones is 1. The van der Waals surface area contributed by atoms with Crippen molar-refractivity contribution >= 4 is 11.9 Å². The van der Waals surface area contributed by atoms with Crippen molar-refractivity contribution in [3.05, 3.63) is 94.8 Å². The van der Waals surface area contributed by atoms with Crippen molar-refractivity contribution in [1.82, 2.24) is 4.90 Å². The summed E-state index contributed by atoms with van der Waals surface area (Å²) in [5.41, 5.74) is 5.91. The number of aryl methyl sites for hydroxylation is 1. The lowest BCUT2D eigenvalue weighted by molar-refractivity contribution is -0.0747. The monoisotopic (exact) mass is 485 g/mol. The highest BCUT2D eigenvalue weighted by Gasteiger charge is 2.45. The minimum atomic E-state index is -0.413. The van der Waals surface area contributed by atoms with Gasteiger partial charge >= 0.3 is 6.09 Å². The smallest absolute Gasteiger partial charge is 0.410 e. The first-order valence-electron chi connectivity index (χ1n) is 12.5. The Kier molecular flexibility index (Phi) is 5.84. The first kappa shape index (κ1) is 22.9. The molecule has 2 bridgehead atoms. The van der Waals surface area contributed by atoms with Crippen LogP contribution in [0, 0.1) is 18.7 Å². The number of halogens is 1. The minimum Gasteiger partial charge on any atom is -0.448 e. The average molecular weight is 486 g/mol. The van der Waals surface area contributed by atoms with E-state index < -0.39 is 5.82 Å². The second kappa shape index (κ2) is 9.17. The number of Topliss-reactive ketones (excluding diaryl/α,β-unsaturated/α-hetero) is 1. The number of carbonyl (C=O) groups is 2. The van der Waals surface area contributed by atoms with Crippen molar-refractivity contribution in [1.29, 1.82) is 0 Å². The Morgan fingerprint density at radius 1 is 0.944 bits per heavy atom. The highest BCUT2D eigenvalue weighted by atomic mass is 19.1. The molecule has 2 aliphatic heterocycles. The number of fused-ring (bicyclic) bond motifs is 5. The Labute approximate surface area is 209 Å². The molecule has 0 saturated carbocycles. The number of hydrogen-bond acceptors (Lipinski definition) is 4. The molecule has 2 heterocycles. The van der Waals surface area contributed by atoms with Gasteiger partial charge in [0, 0.05) is 17.4 Å². The van der Waals surface area contributed by atoms with Crippen molar-refractivity contribution < 1.29 is 23.5 Å². The number of morpholine rings is 1. The van der Waals surface area contributed by atoms with E-state index in [4.69, 9.17) is 9.47 Å². The molecular weight excluding hydrogens is 457 g/mol. The summed E-state index contributed by atoms with van der Waals surface area (Å²) in [6.07, 6.45) is 0.605. The topological polar surface area (TPSA) is 55.8 Å². The predicted octanol–water partition coefficient (Wildman–Crippen LogP) is 5.75. The fourth-order valence-corrected chi connectivity index (χ4v) is 6.18. The van der Waals surface area contributed by atoms with Crippen molar-refractivity contribution in [2.75, 3.05) is 19.8 Å². The van der Waals surface area contributed by atoms with Crippen LogP contribution < -0.4 is 0 Å². The zero-order chi connectivity index (χ0) is 24.8. The molecule has 2 fully saturated rings. The van der Waals surface area contributed by atoms with Crippen LogP contribution in [0.15, 0.2) is 66.7 Å². The van der Waals surface area contributed by atoms with Crippen LogP contribution in [0.1, 0.15) is 45.8 Å². The summed E-state index contributed by atoms with van der Waals surface area (Å²) in [5, 5.41) is 0. The summed E-state index contributed by atoms with van der Waals surface area (Å²) in [5.74, 6) is -0.755. The Morgan fingerprint density at radius 2 is 1.56 bits per heavy atom. The van der Waals surface area contributed by atoms with E-state index in [1.807, 2.05) is 31.2 Å². The van der Waals surface area contributed by atoms with Gasteiger partial charge in [0.15, 0.2) is 5.78 Å². The molecule has 2 saturated heterocycles. The molecule has 3 aliphatic rings. The van der Waals surface area contributed by atoms with Gasteiger partial charge in [0.05, 0.1) is 25.3 Å². The summed E-state index contributed by atoms with van der Waals surface area (Å²) in [6, 6.07) is 20.4. The van der Waals surface area contributed by atoms with Crippen LogP contribution in [0.3, 0.4) is 0 Å². The van der Waals surface area contributed by atoms with Crippen LogP contribution in [0.4, 0.5) is 9.18 Å². The Balaban J connectivity index is 1.17. The first-order valence-corrected chi connectivity index (χ1v) is 12.5. The summed E-state index contributed by atoms with van der Waals surface area (Å²) in [6.45, 7) is 2.82. The molecule has 6 rings (SSSR count). The van der Waals surface area contributed by atoms with Crippen LogP contribution >= 0.6 is 0 Å². The lowest BCUT2D eigenvalue weighted by Crippen LogP contribution is -2.60. The maximum atomic E-state index is 13.8. The quantitative estimate of drug-likeness (QED) is 0.442. The van der Waals surface area contributed by atoms with Gasteiger partial charge in [-0.25, -0.2) is 9.18 Å². The van der Waals surface area contributed by atoms with Gasteiger partial charge in [-0.1, -0.05) is 54.6 Å². The van der Waals surface area contributed by atoms with Crippen molar-refractivity contribution in [3.8, 4) is 11.1 Å². The largest absolute Gasteiger partial charge is 0.448 e. The average Bonchev–Trinajstić information content (AvgIpc) is 3.21. The van der Waals surface area contributed by atoms with E-state index in [9.17, 15) is 14.0 Å². The highest BCUT2D eigenvalue weighted by molar-refractivity contribution is 5.99. The molecule has 36 heavy (non-hydrogen) atoms. The normalized spacial score (nSPS) is 22.6. The van der Waals surface area contributed by atoms with Crippen molar-refractivity contribution in [3.63, 3.8) is 0 Å². The summed E-state index contributed by atoms with van der Waals surface area (Å²) in [7, 11) is 0. The number of benzene rings is 3. The number of carbonyl (C=O) groups excluding carboxylic acids is 2. The third-order valence-electron chi connectivity index (χ3n) is 7.90. The van der Waals surface area contributed by atoms with E-state index >= 15 is 0 Å². The van der Waals surface area contributed by atoms with Gasteiger partial charge < -0.3 is 9.47 Å². The molecule has 3 aromatic rings. The van der Waals surface area contributed by atoms with Crippen molar-refractivity contribution in [2.24, 2.45) is 5.92 Å². The zero-order valence-electron chi connectivity index (χ0n) is 20.2. The van der Waals surface area contributed by atoms with Crippen LogP contribution in [-0.2, 0) is 9.47 Å². The molecule has 6 heteroatoms. The van der Waals surface area contributed by atoms with E-state index in [2.05, 4.69) is 24.3 Å². The van der Waals surface area contributed by atoms with Crippen LogP contribution in [-0.4, -0.2) is 48.7 Å². The molecule has 2 unspecified atom stereocenters. The molecule has 0 N–H and O–H groups in total. The number of ether oxygens (including phenoxy) is 2. The van der Waals surface area contributed by atoms with E-state index in [1.165, 1.54) is 34.4 Å². The molecule has 0 spiro atoms. The molecule has 1 aliphatic carbocycles. The molecule has 0 aromatic heterocycles. The van der Waals surface area contributed by atoms with Crippen LogP contribution in [0.5, 0.6) is 0 Å². The standard InChI is InChI=1S/C30H28FNO4/c1-18-10-11-20(31)14-27(18)29(33)19-12-21-15-35-16-22(13-19)32(21)30(34)36-17-28-25-8-4-2-6-23(25)24-7-3-5-9-26(24)28/h2-11,14,19,21-22,28H,12-13,15-17H2,1H3. The van der Waals surface area contributed by atoms with E-state index in [0.717, 1.165) is 5.56 Å². The highest BCUT2D eigenvalue weighted by Crippen LogP contribution is 2.44. The second-order valence-electron chi connectivity index (χ2n) is 10.0. The third kappa shape index (κ3) is 3.90. The Bertz CT molecular complexity index is 1280. The molecule has 3 aromatic carbocycles. The van der Waals surface area contributed by atoms with E-state index in [0.29, 0.717) is 31.6 Å². The summed E-state index contributed by atoms with van der Waals surface area (Å²) < 4.78 is 25.5. The second-order valence-corrected chi connectivity index (χ2v) is 10.0. The maximum absolute atomic E-state index is 13.8. The van der Waals surface area contributed by atoms with Crippen LogP contribution in [0.25, 0.3) is 11.1 Å². The van der Waals surface area contributed by atoms with Gasteiger partial charge in [-0.2, -0.15) is 0 Å². The fraction of sp³-hybridized carbons (Fsp3) is 0.333. The van der Waals surface area contributed by atoms with Crippen LogP contribution in [0.2, 0.25) is 0 Å². The van der Waals surface area contributed by atoms with Gasteiger partial charge in [0.1, 0.15) is 12.4 Å². The van der Waals surface area contributed by atoms with Gasteiger partial charge in [0.25, 0.3) is 0 Å². The summed E-state index contributed by atoms with van der Waals surface area (Å²) >= 11 is 0. The zero-order valence-corrected chi connectivity index (χ0v) is 20.2. The number of nitrogens with zero attached hydrogens (tertiary/aromatic N) is 1. The number of piperidine rings is 1. The van der Waals surface area contributed by atoms with E-state index in [-0.39, 0.29) is 42.4 Å². The Morgan fingerprint density at radius 3 is 2.19 bits per heavy atom.